The molecule has 0 spiro atoms. The van der Waals surface area contributed by atoms with Crippen molar-refractivity contribution in [3.05, 3.63) is 51.4 Å². The Morgan fingerprint density at radius 3 is 2.81 bits per heavy atom. The van der Waals surface area contributed by atoms with E-state index in [1.807, 2.05) is 17.5 Å². The smallest absolute Gasteiger partial charge is 0.307 e. The summed E-state index contributed by atoms with van der Waals surface area (Å²) >= 11 is 7.22. The van der Waals surface area contributed by atoms with E-state index in [-0.39, 0.29) is 23.2 Å². The number of pyridine rings is 1. The molecule has 2 aromatic rings. The number of methoxy groups -OCH3 is 1. The molecular formula is C14H13ClN2O3S. The van der Waals surface area contributed by atoms with Crippen LogP contribution in [0, 0.1) is 0 Å². The van der Waals surface area contributed by atoms with Crippen molar-refractivity contribution in [2.45, 2.75) is 12.5 Å². The number of thiophene rings is 1. The normalized spacial score (nSPS) is 11.7. The van der Waals surface area contributed by atoms with Crippen LogP contribution in [-0.4, -0.2) is 24.0 Å². The summed E-state index contributed by atoms with van der Waals surface area (Å²) in [6.45, 7) is 0. The lowest BCUT2D eigenvalue weighted by Gasteiger charge is -2.16. The number of nitrogens with zero attached hydrogens (tertiary/aromatic N) is 1. The molecule has 1 amide bonds. The highest BCUT2D eigenvalue weighted by Crippen LogP contribution is 2.23. The van der Waals surface area contributed by atoms with Crippen LogP contribution >= 0.6 is 22.9 Å². The van der Waals surface area contributed by atoms with Crippen molar-refractivity contribution in [1.82, 2.24) is 10.3 Å². The molecule has 2 aromatic heterocycles. The molecule has 0 aliphatic carbocycles. The number of rotatable bonds is 5. The minimum atomic E-state index is -0.453. The predicted octanol–water partition coefficient (Wildman–Crippen LogP) is 2.83. The first-order valence-corrected chi connectivity index (χ1v) is 7.39. The molecule has 0 aliphatic heterocycles. The van der Waals surface area contributed by atoms with Crippen LogP contribution < -0.4 is 5.32 Å². The summed E-state index contributed by atoms with van der Waals surface area (Å²) in [6, 6.07) is 8.04. The van der Waals surface area contributed by atoms with Crippen molar-refractivity contribution in [2.75, 3.05) is 7.11 Å². The van der Waals surface area contributed by atoms with Gasteiger partial charge in [-0.2, -0.15) is 0 Å². The Morgan fingerprint density at radius 1 is 1.38 bits per heavy atom. The van der Waals surface area contributed by atoms with Gasteiger partial charge in [-0.25, -0.2) is 4.98 Å². The minimum Gasteiger partial charge on any atom is -0.469 e. The van der Waals surface area contributed by atoms with Gasteiger partial charge in [-0.3, -0.25) is 9.59 Å². The van der Waals surface area contributed by atoms with Crippen molar-refractivity contribution < 1.29 is 14.3 Å². The topological polar surface area (TPSA) is 68.3 Å². The molecule has 0 saturated heterocycles. The molecule has 1 atom stereocenters. The van der Waals surface area contributed by atoms with Crippen molar-refractivity contribution in [2.24, 2.45) is 0 Å². The highest BCUT2D eigenvalue weighted by molar-refractivity contribution is 7.10. The van der Waals surface area contributed by atoms with E-state index in [0.717, 1.165) is 4.88 Å². The Bertz CT molecular complexity index is 631. The van der Waals surface area contributed by atoms with Crippen LogP contribution in [0.15, 0.2) is 35.7 Å². The summed E-state index contributed by atoms with van der Waals surface area (Å²) < 4.78 is 4.66. The number of esters is 1. The zero-order valence-corrected chi connectivity index (χ0v) is 12.8. The van der Waals surface area contributed by atoms with Gasteiger partial charge < -0.3 is 10.1 Å². The molecule has 2 heterocycles. The molecule has 0 radical (unpaired) electrons. The fourth-order valence-corrected chi connectivity index (χ4v) is 2.67. The number of carbonyl (C=O) groups is 2. The monoisotopic (exact) mass is 324 g/mol. The first kappa shape index (κ1) is 15.5. The van der Waals surface area contributed by atoms with E-state index in [2.05, 4.69) is 15.0 Å². The van der Waals surface area contributed by atoms with Crippen molar-refractivity contribution >= 4 is 34.8 Å². The molecule has 1 N–H and O–H groups in total. The molecule has 0 aliphatic rings. The largest absolute Gasteiger partial charge is 0.469 e. The van der Waals surface area contributed by atoms with Crippen LogP contribution in [0.25, 0.3) is 0 Å². The summed E-state index contributed by atoms with van der Waals surface area (Å²) in [5.74, 6) is -0.785. The third-order valence-electron chi connectivity index (χ3n) is 2.74. The maximum Gasteiger partial charge on any atom is 0.307 e. The first-order valence-electron chi connectivity index (χ1n) is 6.14. The van der Waals surface area contributed by atoms with Crippen LogP contribution in [0.1, 0.15) is 27.8 Å². The fourth-order valence-electron chi connectivity index (χ4n) is 1.73. The highest BCUT2D eigenvalue weighted by atomic mass is 35.5. The molecule has 7 heteroatoms. The van der Waals surface area contributed by atoms with Gasteiger partial charge in [-0.15, -0.1) is 11.3 Å². The molecule has 0 aromatic carbocycles. The molecule has 2 rings (SSSR count). The molecule has 0 bridgehead atoms. The van der Waals surface area contributed by atoms with E-state index in [0.29, 0.717) is 0 Å². The lowest BCUT2D eigenvalue weighted by Crippen LogP contribution is -2.30. The SMILES string of the molecule is COC(=O)CC(NC(=O)c1cccc(Cl)n1)c1cccs1. The summed E-state index contributed by atoms with van der Waals surface area (Å²) in [4.78, 5) is 28.5. The van der Waals surface area contributed by atoms with Crippen LogP contribution in [0.2, 0.25) is 5.15 Å². The van der Waals surface area contributed by atoms with Gasteiger partial charge in [0.2, 0.25) is 0 Å². The van der Waals surface area contributed by atoms with Crippen molar-refractivity contribution in [3.8, 4) is 0 Å². The molecule has 0 fully saturated rings. The minimum absolute atomic E-state index is 0.0588. The third kappa shape index (κ3) is 4.27. The summed E-state index contributed by atoms with van der Waals surface area (Å²) in [5, 5.41) is 4.90. The molecule has 0 saturated carbocycles. The Morgan fingerprint density at radius 2 is 2.19 bits per heavy atom. The van der Waals surface area contributed by atoms with Gasteiger partial charge in [0.25, 0.3) is 5.91 Å². The van der Waals surface area contributed by atoms with Crippen LogP contribution in [0.3, 0.4) is 0 Å². The van der Waals surface area contributed by atoms with Crippen LogP contribution in [-0.2, 0) is 9.53 Å². The Labute approximate surface area is 130 Å². The van der Waals surface area contributed by atoms with Crippen molar-refractivity contribution in [3.63, 3.8) is 0 Å². The molecule has 21 heavy (non-hydrogen) atoms. The summed E-state index contributed by atoms with van der Waals surface area (Å²) in [7, 11) is 1.31. The van der Waals surface area contributed by atoms with Gasteiger partial charge >= 0.3 is 5.97 Å². The number of amides is 1. The number of aromatic nitrogens is 1. The second kappa shape index (κ2) is 7.19. The summed E-state index contributed by atoms with van der Waals surface area (Å²) in [5.41, 5.74) is 0.203. The second-order valence-electron chi connectivity index (χ2n) is 4.17. The Hall–Kier alpha value is -1.92. The number of hydrogen-bond donors (Lipinski definition) is 1. The Kier molecular flexibility index (Phi) is 5.30. The van der Waals surface area contributed by atoms with Gasteiger partial charge in [0.1, 0.15) is 10.8 Å². The lowest BCUT2D eigenvalue weighted by atomic mass is 10.1. The quantitative estimate of drug-likeness (QED) is 0.678. The van der Waals surface area contributed by atoms with Gasteiger partial charge in [-0.05, 0) is 23.6 Å². The van der Waals surface area contributed by atoms with Gasteiger partial charge in [-0.1, -0.05) is 23.7 Å². The number of carbonyl (C=O) groups excluding carboxylic acids is 2. The maximum absolute atomic E-state index is 12.2. The fraction of sp³-hybridized carbons (Fsp3) is 0.214. The summed E-state index contributed by atoms with van der Waals surface area (Å²) in [6.07, 6.45) is 0.0588. The lowest BCUT2D eigenvalue weighted by molar-refractivity contribution is -0.141. The van der Waals surface area contributed by atoms with Crippen molar-refractivity contribution in [1.29, 1.82) is 0 Å². The van der Waals surface area contributed by atoms with Gasteiger partial charge in [0, 0.05) is 4.88 Å². The average molecular weight is 325 g/mol. The number of halogens is 1. The predicted molar refractivity (Wildman–Crippen MR) is 80.4 cm³/mol. The number of hydrogen-bond acceptors (Lipinski definition) is 5. The highest BCUT2D eigenvalue weighted by Gasteiger charge is 2.21. The van der Waals surface area contributed by atoms with E-state index in [1.54, 1.807) is 18.2 Å². The second-order valence-corrected chi connectivity index (χ2v) is 5.53. The molecule has 5 nitrogen and oxygen atoms in total. The van der Waals surface area contributed by atoms with E-state index >= 15 is 0 Å². The van der Waals surface area contributed by atoms with E-state index < -0.39 is 12.0 Å². The van der Waals surface area contributed by atoms with E-state index in [9.17, 15) is 9.59 Å². The third-order valence-corrected chi connectivity index (χ3v) is 3.93. The Balaban J connectivity index is 2.15. The zero-order chi connectivity index (χ0) is 15.2. The maximum atomic E-state index is 12.2. The van der Waals surface area contributed by atoms with Crippen LogP contribution in [0.5, 0.6) is 0 Å². The first-order chi connectivity index (χ1) is 10.1. The van der Waals surface area contributed by atoms with Gasteiger partial charge in [0.15, 0.2) is 0 Å². The standard InChI is InChI=1S/C14H13ClN2O3S/c1-20-13(18)8-10(11-5-3-7-21-11)17-14(19)9-4-2-6-12(15)16-9/h2-7,10H,8H2,1H3,(H,17,19). The number of nitrogens with one attached hydrogen (secondary N) is 1. The van der Waals surface area contributed by atoms with Gasteiger partial charge in [0.05, 0.1) is 19.6 Å². The number of ether oxygens (including phenoxy) is 1. The van der Waals surface area contributed by atoms with Crippen LogP contribution in [0.4, 0.5) is 0 Å². The van der Waals surface area contributed by atoms with E-state index in [1.165, 1.54) is 18.4 Å². The zero-order valence-electron chi connectivity index (χ0n) is 11.2. The average Bonchev–Trinajstić information content (AvgIpc) is 3.00. The molecule has 1 unspecified atom stereocenters. The van der Waals surface area contributed by atoms with E-state index in [4.69, 9.17) is 11.6 Å². The molecular weight excluding hydrogens is 312 g/mol. The molecule has 110 valence electrons.